The summed E-state index contributed by atoms with van der Waals surface area (Å²) in [6.45, 7) is -2.73. The van der Waals surface area contributed by atoms with Gasteiger partial charge >= 0.3 is 12.4 Å². The zero-order valence-corrected chi connectivity index (χ0v) is 13.9. The quantitative estimate of drug-likeness (QED) is 0.519. The first kappa shape index (κ1) is 16.7. The first-order chi connectivity index (χ1) is 13.2. The monoisotopic (exact) mass is 410 g/mol. The van der Waals surface area contributed by atoms with Gasteiger partial charge in [0.05, 0.1) is 18.3 Å². The van der Waals surface area contributed by atoms with Crippen molar-refractivity contribution in [3.8, 4) is 5.88 Å². The summed E-state index contributed by atoms with van der Waals surface area (Å²) in [6, 6.07) is 0. The molecule has 12 heteroatoms. The molecule has 2 rings (SSSR count). The van der Waals surface area contributed by atoms with Gasteiger partial charge in [-0.1, -0.05) is 6.08 Å². The van der Waals surface area contributed by atoms with Gasteiger partial charge in [-0.3, -0.25) is 0 Å². The number of halogens is 7. The van der Waals surface area contributed by atoms with Gasteiger partial charge in [0, 0.05) is 23.6 Å². The van der Waals surface area contributed by atoms with E-state index in [0.29, 0.717) is 23.7 Å². The van der Waals surface area contributed by atoms with Gasteiger partial charge < -0.3 is 9.64 Å². The zero-order valence-electron chi connectivity index (χ0n) is 16.1. The van der Waals surface area contributed by atoms with Crippen LogP contribution in [-0.2, 0) is 0 Å². The van der Waals surface area contributed by atoms with E-state index in [1.165, 1.54) is 4.90 Å². The zero-order chi connectivity index (χ0) is 22.1. The SMILES string of the molecule is [2H]C([2H])([2H])N1CCC=C(c2nsnc2OCCCC(F)(C(F)(F)F)C(F)(F)F)C1. The molecule has 0 unspecified atom stereocenters. The minimum Gasteiger partial charge on any atom is -0.475 e. The Labute approximate surface area is 153 Å². The average molecular weight is 410 g/mol. The highest BCUT2D eigenvalue weighted by atomic mass is 32.1. The molecule has 26 heavy (non-hydrogen) atoms. The predicted octanol–water partition coefficient (Wildman–Crippen LogP) is 4.25. The van der Waals surface area contributed by atoms with E-state index in [0.717, 1.165) is 0 Å². The van der Waals surface area contributed by atoms with E-state index in [1.807, 2.05) is 0 Å². The van der Waals surface area contributed by atoms with Crippen LogP contribution >= 0.6 is 11.7 Å². The van der Waals surface area contributed by atoms with E-state index in [2.05, 4.69) is 8.75 Å². The Hall–Kier alpha value is -1.43. The minimum absolute atomic E-state index is 0.00594. The molecule has 1 aromatic rings. The number of rotatable bonds is 6. The van der Waals surface area contributed by atoms with Crippen LogP contribution < -0.4 is 4.74 Å². The van der Waals surface area contributed by atoms with Gasteiger partial charge in [-0.25, -0.2) is 4.39 Å². The van der Waals surface area contributed by atoms with Gasteiger partial charge in [-0.15, -0.1) is 4.37 Å². The van der Waals surface area contributed by atoms with E-state index in [-0.39, 0.29) is 24.7 Å². The van der Waals surface area contributed by atoms with Crippen LogP contribution in [-0.4, -0.2) is 58.3 Å². The van der Waals surface area contributed by atoms with Crippen molar-refractivity contribution in [3.63, 3.8) is 0 Å². The van der Waals surface area contributed by atoms with Crippen LogP contribution in [0.5, 0.6) is 5.88 Å². The number of hydrogen-bond acceptors (Lipinski definition) is 5. The van der Waals surface area contributed by atoms with Crippen LogP contribution in [0, 0.1) is 0 Å². The van der Waals surface area contributed by atoms with E-state index < -0.39 is 44.4 Å². The molecule has 4 nitrogen and oxygen atoms in total. The van der Waals surface area contributed by atoms with Crippen molar-refractivity contribution >= 4 is 17.3 Å². The first-order valence-corrected chi connectivity index (χ1v) is 8.12. The van der Waals surface area contributed by atoms with Gasteiger partial charge in [0.15, 0.2) is 0 Å². The Kier molecular flexibility index (Phi) is 4.93. The topological polar surface area (TPSA) is 38.2 Å². The maximum Gasteiger partial charge on any atom is 0.431 e. The van der Waals surface area contributed by atoms with Crippen LogP contribution in [0.15, 0.2) is 6.08 Å². The molecule has 0 amide bonds. The number of alkyl halides is 7. The molecule has 148 valence electrons. The second-order valence-corrected chi connectivity index (χ2v) is 6.13. The third-order valence-electron chi connectivity index (χ3n) is 3.72. The Morgan fingerprint density at radius 1 is 1.19 bits per heavy atom. The van der Waals surface area contributed by atoms with E-state index >= 15 is 0 Å². The standard InChI is InChI=1S/C14H16F7N3OS/c1-24-6-2-4-9(8-24)10-11(23-26-22-10)25-7-3-5-12(15,13(16,17)18)14(19,20)21/h4H,2-3,5-8H2,1H3/i1D3. The van der Waals surface area contributed by atoms with Crippen LogP contribution in [0.4, 0.5) is 30.7 Å². The predicted molar refractivity (Wildman–Crippen MR) is 80.7 cm³/mol. The molecule has 0 bridgehead atoms. The summed E-state index contributed by atoms with van der Waals surface area (Å²) in [6.07, 6.45) is -12.9. The van der Waals surface area contributed by atoms with Crippen molar-refractivity contribution in [1.29, 1.82) is 0 Å². The molecule has 0 saturated carbocycles. The maximum atomic E-state index is 13.6. The summed E-state index contributed by atoms with van der Waals surface area (Å²) in [5.41, 5.74) is -4.72. The number of nitrogens with zero attached hydrogens (tertiary/aromatic N) is 3. The van der Waals surface area contributed by atoms with Crippen LogP contribution in [0.25, 0.3) is 5.57 Å². The van der Waals surface area contributed by atoms with Crippen molar-refractivity contribution in [2.45, 2.75) is 37.3 Å². The Morgan fingerprint density at radius 3 is 2.50 bits per heavy atom. The molecule has 0 aliphatic carbocycles. The summed E-state index contributed by atoms with van der Waals surface area (Å²) in [5, 5.41) is 0. The molecule has 0 fully saturated rings. The van der Waals surface area contributed by atoms with Crippen LogP contribution in [0.1, 0.15) is 29.1 Å². The normalized spacial score (nSPS) is 19.5. The third kappa shape index (κ3) is 4.45. The Balaban J connectivity index is 2.00. The molecule has 0 saturated heterocycles. The highest BCUT2D eigenvalue weighted by molar-refractivity contribution is 6.99. The van der Waals surface area contributed by atoms with Gasteiger partial charge in [0.1, 0.15) is 5.69 Å². The minimum atomic E-state index is -6.11. The number of ether oxygens (including phenoxy) is 1. The van der Waals surface area contributed by atoms with Crippen molar-refractivity contribution in [2.75, 3.05) is 26.7 Å². The molecule has 0 atom stereocenters. The molecule has 2 heterocycles. The van der Waals surface area contributed by atoms with Gasteiger partial charge in [-0.2, -0.15) is 30.7 Å². The summed E-state index contributed by atoms with van der Waals surface area (Å²) in [5.74, 6) is -0.155. The number of hydrogen-bond donors (Lipinski definition) is 0. The molecule has 1 aromatic heterocycles. The fourth-order valence-corrected chi connectivity index (χ4v) is 2.85. The smallest absolute Gasteiger partial charge is 0.431 e. The van der Waals surface area contributed by atoms with Crippen molar-refractivity contribution < 1.29 is 39.6 Å². The Bertz CT molecular complexity index is 719. The molecule has 0 aromatic carbocycles. The summed E-state index contributed by atoms with van der Waals surface area (Å²) in [7, 11) is 0. The van der Waals surface area contributed by atoms with Gasteiger partial charge in [0.2, 0.25) is 0 Å². The molecular weight excluding hydrogens is 391 g/mol. The van der Waals surface area contributed by atoms with Crippen LogP contribution in [0.3, 0.4) is 0 Å². The fourth-order valence-electron chi connectivity index (χ4n) is 2.32. The largest absolute Gasteiger partial charge is 0.475 e. The fraction of sp³-hybridized carbons (Fsp3) is 0.714. The molecule has 0 radical (unpaired) electrons. The lowest BCUT2D eigenvalue weighted by molar-refractivity contribution is -0.343. The lowest BCUT2D eigenvalue weighted by atomic mass is 9.98. The maximum absolute atomic E-state index is 13.6. The van der Waals surface area contributed by atoms with Crippen molar-refractivity contribution in [3.05, 3.63) is 11.8 Å². The molecule has 0 N–H and O–H groups in total. The Morgan fingerprint density at radius 2 is 1.88 bits per heavy atom. The van der Waals surface area contributed by atoms with E-state index in [4.69, 9.17) is 8.85 Å². The van der Waals surface area contributed by atoms with Crippen LogP contribution in [0.2, 0.25) is 0 Å². The summed E-state index contributed by atoms with van der Waals surface area (Å²) < 4.78 is 124. The summed E-state index contributed by atoms with van der Waals surface area (Å²) in [4.78, 5) is 1.20. The number of likely N-dealkylation sites (N-methyl/N-ethyl adjacent to an activating group) is 1. The third-order valence-corrected chi connectivity index (χ3v) is 4.23. The molecular formula is C14H16F7N3OS. The average Bonchev–Trinajstić information content (AvgIpc) is 3.04. The van der Waals surface area contributed by atoms with Crippen molar-refractivity contribution in [2.24, 2.45) is 0 Å². The van der Waals surface area contributed by atoms with E-state index in [1.54, 1.807) is 6.08 Å². The molecule has 1 aliphatic rings. The highest BCUT2D eigenvalue weighted by Crippen LogP contribution is 2.48. The summed E-state index contributed by atoms with van der Waals surface area (Å²) >= 11 is 0.682. The highest BCUT2D eigenvalue weighted by Gasteiger charge is 2.71. The number of aromatic nitrogens is 2. The first-order valence-electron chi connectivity index (χ1n) is 8.89. The lowest BCUT2D eigenvalue weighted by Crippen LogP contribution is -2.53. The lowest BCUT2D eigenvalue weighted by Gasteiger charge is -2.29. The van der Waals surface area contributed by atoms with E-state index in [9.17, 15) is 30.7 Å². The molecule has 1 aliphatic heterocycles. The second kappa shape index (κ2) is 7.67. The van der Waals surface area contributed by atoms with Gasteiger partial charge in [-0.05, 0) is 25.4 Å². The van der Waals surface area contributed by atoms with Gasteiger partial charge in [0.25, 0.3) is 11.5 Å². The molecule has 0 spiro atoms. The second-order valence-electron chi connectivity index (χ2n) is 5.61. The van der Waals surface area contributed by atoms with Crippen molar-refractivity contribution in [1.82, 2.24) is 13.6 Å².